The first-order valence-electron chi connectivity index (χ1n) is 7.46. The molecule has 1 saturated carbocycles. The molecule has 116 valence electrons. The smallest absolute Gasteiger partial charge is 0.244 e. The molecule has 1 fully saturated rings. The number of halogens is 1. The van der Waals surface area contributed by atoms with Crippen LogP contribution in [0.3, 0.4) is 0 Å². The summed E-state index contributed by atoms with van der Waals surface area (Å²) in [5.74, 6) is -0.564. The fraction of sp³-hybridized carbons (Fsp3) is 0.562. The minimum atomic E-state index is -0.802. The van der Waals surface area contributed by atoms with Crippen molar-refractivity contribution in [2.75, 3.05) is 17.3 Å². The maximum Gasteiger partial charge on any atom is 0.244 e. The Labute approximate surface area is 125 Å². The molecule has 0 aromatic heterocycles. The molecular formula is C16H24FN3O. The van der Waals surface area contributed by atoms with Gasteiger partial charge < -0.3 is 16.0 Å². The van der Waals surface area contributed by atoms with Gasteiger partial charge in [0.05, 0.1) is 11.2 Å². The van der Waals surface area contributed by atoms with Gasteiger partial charge in [0.2, 0.25) is 5.91 Å². The lowest BCUT2D eigenvalue weighted by molar-refractivity contribution is -0.121. The van der Waals surface area contributed by atoms with E-state index >= 15 is 0 Å². The van der Waals surface area contributed by atoms with Crippen LogP contribution in [0.25, 0.3) is 0 Å². The Morgan fingerprint density at radius 3 is 2.52 bits per heavy atom. The normalized spacial score (nSPS) is 17.0. The highest BCUT2D eigenvalue weighted by atomic mass is 19.1. The third-order valence-electron chi connectivity index (χ3n) is 4.31. The number of amides is 1. The molecule has 21 heavy (non-hydrogen) atoms. The van der Waals surface area contributed by atoms with Crippen molar-refractivity contribution in [3.8, 4) is 0 Å². The molecule has 0 aliphatic heterocycles. The molecule has 0 spiro atoms. The van der Waals surface area contributed by atoms with Gasteiger partial charge in [-0.2, -0.15) is 0 Å². The predicted octanol–water partition coefficient (Wildman–Crippen LogP) is 2.88. The molecule has 3 N–H and O–H groups in total. The summed E-state index contributed by atoms with van der Waals surface area (Å²) in [5, 5.41) is 2.74. The molecule has 0 radical (unpaired) electrons. The summed E-state index contributed by atoms with van der Waals surface area (Å²) in [4.78, 5) is 14.1. The summed E-state index contributed by atoms with van der Waals surface area (Å²) in [6.45, 7) is 3.99. The second-order valence-electron chi connectivity index (χ2n) is 6.19. The van der Waals surface area contributed by atoms with E-state index in [4.69, 9.17) is 5.73 Å². The van der Waals surface area contributed by atoms with Gasteiger partial charge in [-0.25, -0.2) is 4.39 Å². The zero-order chi connectivity index (χ0) is 15.6. The quantitative estimate of drug-likeness (QED) is 0.897. The van der Waals surface area contributed by atoms with Gasteiger partial charge in [0, 0.05) is 18.8 Å². The van der Waals surface area contributed by atoms with Crippen LogP contribution in [-0.4, -0.2) is 24.5 Å². The molecule has 1 aliphatic rings. The summed E-state index contributed by atoms with van der Waals surface area (Å²) >= 11 is 0. The van der Waals surface area contributed by atoms with E-state index in [1.165, 1.54) is 6.07 Å². The first-order valence-corrected chi connectivity index (χ1v) is 7.46. The topological polar surface area (TPSA) is 58.4 Å². The minimum absolute atomic E-state index is 0.200. The van der Waals surface area contributed by atoms with Crippen LogP contribution < -0.4 is 16.0 Å². The predicted molar refractivity (Wildman–Crippen MR) is 84.0 cm³/mol. The molecule has 0 saturated heterocycles. The van der Waals surface area contributed by atoms with E-state index in [1.807, 2.05) is 25.8 Å². The second-order valence-corrected chi connectivity index (χ2v) is 6.19. The molecule has 1 aliphatic carbocycles. The van der Waals surface area contributed by atoms with E-state index in [1.54, 1.807) is 12.1 Å². The third-order valence-corrected chi connectivity index (χ3v) is 4.31. The zero-order valence-electron chi connectivity index (χ0n) is 12.9. The van der Waals surface area contributed by atoms with Crippen molar-refractivity contribution >= 4 is 17.3 Å². The van der Waals surface area contributed by atoms with Crippen LogP contribution in [-0.2, 0) is 4.79 Å². The van der Waals surface area contributed by atoms with Crippen LogP contribution in [0.15, 0.2) is 18.2 Å². The molecule has 5 heteroatoms. The monoisotopic (exact) mass is 293 g/mol. The van der Waals surface area contributed by atoms with E-state index in [0.29, 0.717) is 24.2 Å². The van der Waals surface area contributed by atoms with E-state index in [2.05, 4.69) is 5.32 Å². The van der Waals surface area contributed by atoms with Crippen LogP contribution in [0.4, 0.5) is 15.8 Å². The van der Waals surface area contributed by atoms with Gasteiger partial charge in [0.25, 0.3) is 0 Å². The van der Waals surface area contributed by atoms with Gasteiger partial charge >= 0.3 is 0 Å². The lowest BCUT2D eigenvalue weighted by Gasteiger charge is -2.25. The summed E-state index contributed by atoms with van der Waals surface area (Å²) in [7, 11) is 1.84. The van der Waals surface area contributed by atoms with Gasteiger partial charge in [0.15, 0.2) is 0 Å². The van der Waals surface area contributed by atoms with E-state index in [-0.39, 0.29) is 17.8 Å². The van der Waals surface area contributed by atoms with Crippen molar-refractivity contribution in [1.82, 2.24) is 0 Å². The Balaban J connectivity index is 2.12. The van der Waals surface area contributed by atoms with E-state index < -0.39 is 5.54 Å². The van der Waals surface area contributed by atoms with Crippen molar-refractivity contribution in [1.29, 1.82) is 0 Å². The fourth-order valence-corrected chi connectivity index (χ4v) is 2.64. The maximum absolute atomic E-state index is 14.2. The highest BCUT2D eigenvalue weighted by molar-refractivity contribution is 5.98. The molecule has 0 bridgehead atoms. The summed E-state index contributed by atoms with van der Waals surface area (Å²) in [6.07, 6.45) is 3.32. The SMILES string of the molecule is CC(C)N(C)c1ccc(NC(=O)C2(N)CCCC2)cc1F. The Hall–Kier alpha value is -1.62. The average molecular weight is 293 g/mol. The standard InChI is InChI=1S/C16H24FN3O/c1-11(2)20(3)14-7-6-12(10-13(14)17)19-15(21)16(18)8-4-5-9-16/h6-7,10-11H,4-5,8-9,18H2,1-3H3,(H,19,21). The van der Waals surface area contributed by atoms with Gasteiger partial charge in [0.1, 0.15) is 5.82 Å². The molecule has 0 heterocycles. The van der Waals surface area contributed by atoms with E-state index in [9.17, 15) is 9.18 Å². The molecule has 1 aromatic carbocycles. The van der Waals surface area contributed by atoms with Crippen molar-refractivity contribution < 1.29 is 9.18 Å². The van der Waals surface area contributed by atoms with Gasteiger partial charge in [-0.05, 0) is 44.9 Å². The Morgan fingerprint density at radius 2 is 2.00 bits per heavy atom. The first-order chi connectivity index (χ1) is 9.83. The van der Waals surface area contributed by atoms with Crippen molar-refractivity contribution in [2.45, 2.75) is 51.1 Å². The summed E-state index contributed by atoms with van der Waals surface area (Å²) in [6, 6.07) is 4.95. The average Bonchev–Trinajstić information content (AvgIpc) is 2.86. The zero-order valence-corrected chi connectivity index (χ0v) is 12.9. The maximum atomic E-state index is 14.2. The first kappa shape index (κ1) is 15.8. The van der Waals surface area contributed by atoms with Gasteiger partial charge in [-0.15, -0.1) is 0 Å². The number of carbonyl (C=O) groups excluding carboxylic acids is 1. The third kappa shape index (κ3) is 3.35. The Morgan fingerprint density at radius 1 is 1.38 bits per heavy atom. The molecular weight excluding hydrogens is 269 g/mol. The van der Waals surface area contributed by atoms with Crippen LogP contribution in [0, 0.1) is 5.82 Å². The van der Waals surface area contributed by atoms with Crippen molar-refractivity contribution in [3.05, 3.63) is 24.0 Å². The molecule has 4 nitrogen and oxygen atoms in total. The van der Waals surface area contributed by atoms with Crippen LogP contribution >= 0.6 is 0 Å². The van der Waals surface area contributed by atoms with Gasteiger partial charge in [-0.1, -0.05) is 12.8 Å². The number of nitrogens with two attached hydrogens (primary N) is 1. The number of nitrogens with one attached hydrogen (secondary N) is 1. The number of nitrogens with zero attached hydrogens (tertiary/aromatic N) is 1. The fourth-order valence-electron chi connectivity index (χ4n) is 2.64. The molecule has 2 rings (SSSR count). The highest BCUT2D eigenvalue weighted by Crippen LogP contribution is 2.29. The van der Waals surface area contributed by atoms with Crippen molar-refractivity contribution in [2.24, 2.45) is 5.73 Å². The molecule has 0 unspecified atom stereocenters. The molecule has 0 atom stereocenters. The minimum Gasteiger partial charge on any atom is -0.370 e. The highest BCUT2D eigenvalue weighted by Gasteiger charge is 2.37. The number of rotatable bonds is 4. The van der Waals surface area contributed by atoms with Crippen LogP contribution in [0.1, 0.15) is 39.5 Å². The van der Waals surface area contributed by atoms with Crippen LogP contribution in [0.2, 0.25) is 0 Å². The number of hydrogen-bond acceptors (Lipinski definition) is 3. The molecule has 1 aromatic rings. The summed E-state index contributed by atoms with van der Waals surface area (Å²) in [5.41, 5.74) is 6.26. The van der Waals surface area contributed by atoms with Crippen molar-refractivity contribution in [3.63, 3.8) is 0 Å². The molecule has 1 amide bonds. The lowest BCUT2D eigenvalue weighted by Crippen LogP contribution is -2.48. The van der Waals surface area contributed by atoms with E-state index in [0.717, 1.165) is 12.8 Å². The lowest BCUT2D eigenvalue weighted by atomic mass is 9.98. The second kappa shape index (κ2) is 6.02. The number of benzene rings is 1. The van der Waals surface area contributed by atoms with Gasteiger partial charge in [-0.3, -0.25) is 4.79 Å². The Kier molecular flexibility index (Phi) is 4.52. The van der Waals surface area contributed by atoms with Crippen LogP contribution in [0.5, 0.6) is 0 Å². The summed E-state index contributed by atoms with van der Waals surface area (Å²) < 4.78 is 14.2. The number of hydrogen-bond donors (Lipinski definition) is 2. The number of carbonyl (C=O) groups is 1. The largest absolute Gasteiger partial charge is 0.370 e. The number of anilines is 2. The Bertz CT molecular complexity index is 524.